The fraction of sp³-hybridized carbons (Fsp3) is 0.353. The Morgan fingerprint density at radius 2 is 2.13 bits per heavy atom. The van der Waals surface area contributed by atoms with Crippen molar-refractivity contribution in [3.63, 3.8) is 0 Å². The van der Waals surface area contributed by atoms with E-state index >= 15 is 0 Å². The SMILES string of the molecule is Cc1nc(N)sc1SCCC1CC(c2ccccc2)=CCN1.Cl. The zero-order chi connectivity index (χ0) is 15.4. The third kappa shape index (κ3) is 4.98. The Bertz CT molecular complexity index is 655. The topological polar surface area (TPSA) is 50.9 Å². The lowest BCUT2D eigenvalue weighted by Crippen LogP contribution is -2.33. The molecule has 3 nitrogen and oxygen atoms in total. The molecule has 0 radical (unpaired) electrons. The zero-order valence-electron chi connectivity index (χ0n) is 13.1. The third-order valence-electron chi connectivity index (χ3n) is 3.84. The Balaban J connectivity index is 0.00000192. The molecular weight excluding hydrogens is 346 g/mol. The second kappa shape index (κ2) is 8.73. The van der Waals surface area contributed by atoms with Crippen LogP contribution < -0.4 is 11.1 Å². The van der Waals surface area contributed by atoms with Gasteiger partial charge in [-0.05, 0) is 30.9 Å². The molecule has 2 heterocycles. The van der Waals surface area contributed by atoms with Crippen molar-refractivity contribution in [2.24, 2.45) is 0 Å². The van der Waals surface area contributed by atoms with E-state index in [-0.39, 0.29) is 12.4 Å². The van der Waals surface area contributed by atoms with Gasteiger partial charge in [0.25, 0.3) is 0 Å². The number of rotatable bonds is 5. The number of nitrogens with one attached hydrogen (secondary N) is 1. The minimum absolute atomic E-state index is 0. The first-order valence-corrected chi connectivity index (χ1v) is 9.36. The molecule has 124 valence electrons. The van der Waals surface area contributed by atoms with Crippen molar-refractivity contribution in [3.05, 3.63) is 47.7 Å². The smallest absolute Gasteiger partial charge is 0.181 e. The van der Waals surface area contributed by atoms with Gasteiger partial charge in [-0.2, -0.15) is 0 Å². The first kappa shape index (κ1) is 18.3. The van der Waals surface area contributed by atoms with E-state index < -0.39 is 0 Å². The number of nitrogen functional groups attached to an aromatic ring is 1. The minimum atomic E-state index is 0. The second-order valence-electron chi connectivity index (χ2n) is 5.47. The monoisotopic (exact) mass is 367 g/mol. The molecule has 3 rings (SSSR count). The van der Waals surface area contributed by atoms with Crippen LogP contribution in [-0.4, -0.2) is 23.3 Å². The molecule has 1 aromatic carbocycles. The van der Waals surface area contributed by atoms with Crippen LogP contribution in [0, 0.1) is 6.92 Å². The molecule has 0 saturated carbocycles. The zero-order valence-corrected chi connectivity index (χ0v) is 15.6. The Labute approximate surface area is 152 Å². The number of benzene rings is 1. The molecule has 0 fully saturated rings. The summed E-state index contributed by atoms with van der Waals surface area (Å²) in [5, 5.41) is 4.27. The lowest BCUT2D eigenvalue weighted by Gasteiger charge is -2.24. The average molecular weight is 368 g/mol. The number of nitrogens with two attached hydrogens (primary N) is 1. The average Bonchev–Trinajstić information content (AvgIpc) is 2.86. The van der Waals surface area contributed by atoms with Crippen molar-refractivity contribution in [2.75, 3.05) is 18.0 Å². The number of thiazole rings is 1. The van der Waals surface area contributed by atoms with Crippen molar-refractivity contribution in [1.29, 1.82) is 0 Å². The summed E-state index contributed by atoms with van der Waals surface area (Å²) in [5.41, 5.74) is 9.63. The molecule has 23 heavy (non-hydrogen) atoms. The fourth-order valence-corrected chi connectivity index (χ4v) is 4.84. The van der Waals surface area contributed by atoms with Crippen molar-refractivity contribution in [1.82, 2.24) is 10.3 Å². The van der Waals surface area contributed by atoms with E-state index in [0.29, 0.717) is 11.2 Å². The van der Waals surface area contributed by atoms with E-state index in [0.717, 1.165) is 30.8 Å². The lowest BCUT2D eigenvalue weighted by atomic mass is 9.94. The van der Waals surface area contributed by atoms with Crippen LogP contribution in [0.3, 0.4) is 0 Å². The van der Waals surface area contributed by atoms with E-state index in [9.17, 15) is 0 Å². The van der Waals surface area contributed by atoms with Crippen LogP contribution in [0.2, 0.25) is 0 Å². The van der Waals surface area contributed by atoms with Crippen LogP contribution in [0.25, 0.3) is 5.57 Å². The molecule has 1 aromatic heterocycles. The summed E-state index contributed by atoms with van der Waals surface area (Å²) in [4.78, 5) is 4.28. The molecule has 2 aromatic rings. The predicted molar refractivity (Wildman–Crippen MR) is 105 cm³/mol. The number of nitrogens with zero attached hydrogens (tertiary/aromatic N) is 1. The van der Waals surface area contributed by atoms with Gasteiger partial charge in [0.2, 0.25) is 0 Å². The van der Waals surface area contributed by atoms with Crippen LogP contribution >= 0.6 is 35.5 Å². The fourth-order valence-electron chi connectivity index (χ4n) is 2.69. The van der Waals surface area contributed by atoms with Crippen LogP contribution in [0.4, 0.5) is 5.13 Å². The third-order valence-corrected chi connectivity index (χ3v) is 6.22. The van der Waals surface area contributed by atoms with Crippen LogP contribution in [-0.2, 0) is 0 Å². The molecule has 0 spiro atoms. The standard InChI is InChI=1S/C17H21N3S2.ClH/c1-12-16(22-17(18)20-12)21-10-8-15-11-14(7-9-19-15)13-5-3-2-4-6-13;/h2-7,15,19H,8-11H2,1H3,(H2,18,20);1H. The Kier molecular flexibility index (Phi) is 6.96. The molecule has 3 N–H and O–H groups in total. The van der Waals surface area contributed by atoms with Gasteiger partial charge in [-0.1, -0.05) is 47.7 Å². The summed E-state index contributed by atoms with van der Waals surface area (Å²) >= 11 is 3.47. The molecule has 0 aliphatic carbocycles. The number of halogens is 1. The number of aromatic nitrogens is 1. The number of hydrogen-bond donors (Lipinski definition) is 2. The lowest BCUT2D eigenvalue weighted by molar-refractivity contribution is 0.525. The van der Waals surface area contributed by atoms with Gasteiger partial charge in [0.15, 0.2) is 5.13 Å². The van der Waals surface area contributed by atoms with Gasteiger partial charge in [0, 0.05) is 18.3 Å². The van der Waals surface area contributed by atoms with Crippen LogP contribution in [0.1, 0.15) is 24.1 Å². The van der Waals surface area contributed by atoms with Gasteiger partial charge in [-0.15, -0.1) is 24.2 Å². The summed E-state index contributed by atoms with van der Waals surface area (Å²) in [6.07, 6.45) is 4.58. The Hall–Kier alpha value is -1.01. The first-order chi connectivity index (χ1) is 10.7. The maximum absolute atomic E-state index is 5.75. The molecule has 0 amide bonds. The van der Waals surface area contributed by atoms with Gasteiger partial charge < -0.3 is 11.1 Å². The summed E-state index contributed by atoms with van der Waals surface area (Å²) in [6.45, 7) is 3.00. The molecule has 0 bridgehead atoms. The second-order valence-corrected chi connectivity index (χ2v) is 7.86. The summed E-state index contributed by atoms with van der Waals surface area (Å²) in [5.74, 6) is 1.10. The molecule has 1 aliphatic rings. The summed E-state index contributed by atoms with van der Waals surface area (Å²) in [7, 11) is 0. The number of hydrogen-bond acceptors (Lipinski definition) is 5. The number of thioether (sulfide) groups is 1. The van der Waals surface area contributed by atoms with Crippen LogP contribution in [0.15, 0.2) is 40.6 Å². The molecule has 1 atom stereocenters. The molecular formula is C17H22ClN3S2. The maximum atomic E-state index is 5.75. The first-order valence-electron chi connectivity index (χ1n) is 7.56. The van der Waals surface area contributed by atoms with E-state index in [1.165, 1.54) is 15.3 Å². The maximum Gasteiger partial charge on any atom is 0.181 e. The van der Waals surface area contributed by atoms with Crippen molar-refractivity contribution < 1.29 is 0 Å². The van der Waals surface area contributed by atoms with E-state index in [2.05, 4.69) is 46.7 Å². The summed E-state index contributed by atoms with van der Waals surface area (Å²) in [6, 6.07) is 11.2. The minimum Gasteiger partial charge on any atom is -0.375 e. The predicted octanol–water partition coefficient (Wildman–Crippen LogP) is 4.38. The van der Waals surface area contributed by atoms with Crippen molar-refractivity contribution in [3.8, 4) is 0 Å². The highest BCUT2D eigenvalue weighted by molar-refractivity contribution is 8.01. The molecule has 6 heteroatoms. The van der Waals surface area contributed by atoms with Crippen LogP contribution in [0.5, 0.6) is 0 Å². The molecule has 1 unspecified atom stereocenters. The number of anilines is 1. The van der Waals surface area contributed by atoms with Gasteiger partial charge in [0.05, 0.1) is 9.90 Å². The summed E-state index contributed by atoms with van der Waals surface area (Å²) < 4.78 is 1.26. The molecule has 0 saturated heterocycles. The highest BCUT2D eigenvalue weighted by atomic mass is 35.5. The van der Waals surface area contributed by atoms with Gasteiger partial charge >= 0.3 is 0 Å². The van der Waals surface area contributed by atoms with E-state index in [1.54, 1.807) is 11.3 Å². The quantitative estimate of drug-likeness (QED) is 0.770. The Morgan fingerprint density at radius 1 is 1.35 bits per heavy atom. The van der Waals surface area contributed by atoms with E-state index in [4.69, 9.17) is 5.73 Å². The van der Waals surface area contributed by atoms with E-state index in [1.807, 2.05) is 18.7 Å². The highest BCUT2D eigenvalue weighted by Crippen LogP contribution is 2.32. The largest absolute Gasteiger partial charge is 0.375 e. The number of aryl methyl sites for hydroxylation is 1. The van der Waals surface area contributed by atoms with Crippen molar-refractivity contribution in [2.45, 2.75) is 30.0 Å². The molecule has 1 aliphatic heterocycles. The van der Waals surface area contributed by atoms with Gasteiger partial charge in [-0.3, -0.25) is 0 Å². The van der Waals surface area contributed by atoms with Crippen molar-refractivity contribution >= 4 is 46.2 Å². The van der Waals surface area contributed by atoms with Gasteiger partial charge in [0.1, 0.15) is 0 Å². The normalized spacial score (nSPS) is 17.4. The Morgan fingerprint density at radius 3 is 2.83 bits per heavy atom. The highest BCUT2D eigenvalue weighted by Gasteiger charge is 2.16. The van der Waals surface area contributed by atoms with Gasteiger partial charge in [-0.25, -0.2) is 4.98 Å².